The van der Waals surface area contributed by atoms with Crippen LogP contribution in [-0.4, -0.2) is 65.8 Å². The highest BCUT2D eigenvalue weighted by Gasteiger charge is 2.49. The molecular weight excluding hydrogens is 424 g/mol. The summed E-state index contributed by atoms with van der Waals surface area (Å²) in [6.07, 6.45) is 5.39. The van der Waals surface area contributed by atoms with E-state index in [2.05, 4.69) is 11.7 Å². The molecule has 8 nitrogen and oxygen atoms in total. The Hall–Kier alpha value is -3.03. The van der Waals surface area contributed by atoms with Crippen LogP contribution in [0.15, 0.2) is 24.3 Å². The number of rotatable bonds is 5. The maximum absolute atomic E-state index is 13.6. The molecule has 1 saturated heterocycles. The number of nitrogens with zero attached hydrogens (tertiary/aromatic N) is 2. The number of benzene rings is 1. The van der Waals surface area contributed by atoms with E-state index >= 15 is 0 Å². The second kappa shape index (κ2) is 9.85. The first kappa shape index (κ1) is 24.6. The molecule has 0 radical (unpaired) electrons. The summed E-state index contributed by atoms with van der Waals surface area (Å²) in [7, 11) is 1.32. The Kier molecular flexibility index (Phi) is 7.34. The van der Waals surface area contributed by atoms with Gasteiger partial charge in [-0.2, -0.15) is 0 Å². The first-order valence-corrected chi connectivity index (χ1v) is 11.5. The molecule has 2 heterocycles. The second-order valence-electron chi connectivity index (χ2n) is 9.44. The van der Waals surface area contributed by atoms with Crippen LogP contribution in [0.5, 0.6) is 5.75 Å². The molecule has 8 heteroatoms. The maximum Gasteiger partial charge on any atom is 0.410 e. The lowest BCUT2D eigenvalue weighted by Crippen LogP contribution is -2.63. The highest BCUT2D eigenvalue weighted by atomic mass is 16.6. The monoisotopic (exact) mass is 458 g/mol. The molecule has 180 valence electrons. The van der Waals surface area contributed by atoms with Crippen LogP contribution in [0.3, 0.4) is 0 Å². The van der Waals surface area contributed by atoms with Gasteiger partial charge >= 0.3 is 12.1 Å². The van der Waals surface area contributed by atoms with Gasteiger partial charge in [0, 0.05) is 38.6 Å². The van der Waals surface area contributed by atoms with Gasteiger partial charge in [-0.3, -0.25) is 4.79 Å². The highest BCUT2D eigenvalue weighted by molar-refractivity contribution is 5.99. The summed E-state index contributed by atoms with van der Waals surface area (Å²) in [5, 5.41) is 0. The lowest BCUT2D eigenvalue weighted by molar-refractivity contribution is -0.134. The number of carbonyl (C=O) groups is 3. The minimum Gasteiger partial charge on any atom is -0.467 e. The summed E-state index contributed by atoms with van der Waals surface area (Å²) in [5.74, 6) is -0.0343. The molecule has 0 aromatic heterocycles. The first-order chi connectivity index (χ1) is 15.6. The first-order valence-electron chi connectivity index (χ1n) is 11.5. The molecule has 1 aromatic carbocycles. The Morgan fingerprint density at radius 3 is 2.52 bits per heavy atom. The van der Waals surface area contributed by atoms with E-state index in [0.717, 1.165) is 12.8 Å². The molecule has 0 aliphatic carbocycles. The number of methoxy groups -OCH3 is 1. The minimum absolute atomic E-state index is 0.0938. The van der Waals surface area contributed by atoms with E-state index in [1.54, 1.807) is 29.2 Å². The van der Waals surface area contributed by atoms with Crippen molar-refractivity contribution in [3.05, 3.63) is 35.4 Å². The zero-order valence-corrected chi connectivity index (χ0v) is 20.2. The molecule has 0 bridgehead atoms. The fraction of sp³-hybridized carbons (Fsp3) is 0.560. The van der Waals surface area contributed by atoms with Gasteiger partial charge in [0.05, 0.1) is 12.7 Å². The van der Waals surface area contributed by atoms with Crippen molar-refractivity contribution in [3.63, 3.8) is 0 Å². The molecular formula is C25H34N2O6. The Bertz CT molecular complexity index is 925. The van der Waals surface area contributed by atoms with Crippen molar-refractivity contribution >= 4 is 24.0 Å². The summed E-state index contributed by atoms with van der Waals surface area (Å²) < 4.78 is 16.6. The third-order valence-electron chi connectivity index (χ3n) is 5.82. The SMILES string of the molecule is CCCCN1C(=O)c2cc(/C=C/C(=O)OC)ccc2OC12CCN(C(=O)OC(C)(C)C)CC2. The van der Waals surface area contributed by atoms with Crippen molar-refractivity contribution in [2.24, 2.45) is 0 Å². The van der Waals surface area contributed by atoms with Gasteiger partial charge in [-0.05, 0) is 51.0 Å². The number of esters is 1. The molecule has 2 aliphatic rings. The lowest BCUT2D eigenvalue weighted by atomic mass is 9.93. The van der Waals surface area contributed by atoms with Crippen LogP contribution in [0.2, 0.25) is 0 Å². The van der Waals surface area contributed by atoms with E-state index in [4.69, 9.17) is 9.47 Å². The van der Waals surface area contributed by atoms with Crippen LogP contribution < -0.4 is 4.74 Å². The largest absolute Gasteiger partial charge is 0.467 e. The summed E-state index contributed by atoms with van der Waals surface area (Å²) in [4.78, 5) is 41.0. The highest BCUT2D eigenvalue weighted by Crippen LogP contribution is 2.40. The van der Waals surface area contributed by atoms with E-state index < -0.39 is 17.3 Å². The van der Waals surface area contributed by atoms with Crippen LogP contribution in [0.1, 0.15) is 69.3 Å². The van der Waals surface area contributed by atoms with Crippen LogP contribution in [-0.2, 0) is 14.3 Å². The summed E-state index contributed by atoms with van der Waals surface area (Å²) in [6, 6.07) is 5.30. The molecule has 3 rings (SSSR count). The number of carbonyl (C=O) groups excluding carboxylic acids is 3. The van der Waals surface area contributed by atoms with Gasteiger partial charge in [0.25, 0.3) is 5.91 Å². The standard InChI is InChI=1S/C25H34N2O6/c1-6-7-14-27-22(29)19-17-18(9-11-21(28)31-5)8-10-20(19)32-25(27)12-15-26(16-13-25)23(30)33-24(2,3)4/h8-11,17H,6-7,12-16H2,1-5H3/b11-9+. The van der Waals surface area contributed by atoms with Gasteiger partial charge < -0.3 is 24.0 Å². The van der Waals surface area contributed by atoms with E-state index in [1.165, 1.54) is 13.2 Å². The Balaban J connectivity index is 1.84. The fourth-order valence-electron chi connectivity index (χ4n) is 4.09. The van der Waals surface area contributed by atoms with Gasteiger partial charge in [-0.15, -0.1) is 0 Å². The third kappa shape index (κ3) is 5.67. The molecule has 0 N–H and O–H groups in total. The van der Waals surface area contributed by atoms with E-state index in [1.807, 2.05) is 25.7 Å². The second-order valence-corrected chi connectivity index (χ2v) is 9.44. The summed E-state index contributed by atoms with van der Waals surface area (Å²) >= 11 is 0. The van der Waals surface area contributed by atoms with Crippen molar-refractivity contribution in [1.29, 1.82) is 0 Å². The average molecular weight is 459 g/mol. The van der Waals surface area contributed by atoms with Crippen LogP contribution >= 0.6 is 0 Å². The van der Waals surface area contributed by atoms with E-state index in [9.17, 15) is 14.4 Å². The number of unbranched alkanes of at least 4 members (excludes halogenated alkanes) is 1. The zero-order valence-electron chi connectivity index (χ0n) is 20.2. The number of hydrogen-bond acceptors (Lipinski definition) is 6. The van der Waals surface area contributed by atoms with Crippen molar-refractivity contribution in [2.75, 3.05) is 26.7 Å². The number of ether oxygens (including phenoxy) is 3. The summed E-state index contributed by atoms with van der Waals surface area (Å²) in [6.45, 7) is 9.08. The minimum atomic E-state index is -0.791. The molecule has 2 aliphatic heterocycles. The van der Waals surface area contributed by atoms with Gasteiger partial charge in [-0.1, -0.05) is 19.4 Å². The maximum atomic E-state index is 13.6. The number of piperidine rings is 1. The van der Waals surface area contributed by atoms with Gasteiger partial charge in [0.1, 0.15) is 11.4 Å². The fourth-order valence-corrected chi connectivity index (χ4v) is 4.09. The Morgan fingerprint density at radius 2 is 1.91 bits per heavy atom. The average Bonchev–Trinajstić information content (AvgIpc) is 2.77. The zero-order chi connectivity index (χ0) is 24.2. The molecule has 1 fully saturated rings. The van der Waals surface area contributed by atoms with Crippen LogP contribution in [0.4, 0.5) is 4.79 Å². The van der Waals surface area contributed by atoms with Gasteiger partial charge in [-0.25, -0.2) is 9.59 Å². The van der Waals surface area contributed by atoms with Crippen molar-refractivity contribution in [2.45, 2.75) is 64.7 Å². The van der Waals surface area contributed by atoms with E-state index in [-0.39, 0.29) is 12.0 Å². The Labute approximate surface area is 195 Å². The Morgan fingerprint density at radius 1 is 1.21 bits per heavy atom. The topological polar surface area (TPSA) is 85.4 Å². The number of hydrogen-bond donors (Lipinski definition) is 0. The predicted octanol–water partition coefficient (Wildman–Crippen LogP) is 4.23. The predicted molar refractivity (Wildman–Crippen MR) is 124 cm³/mol. The summed E-state index contributed by atoms with van der Waals surface area (Å²) in [5.41, 5.74) is -0.169. The lowest BCUT2D eigenvalue weighted by Gasteiger charge is -2.50. The number of likely N-dealkylation sites (tertiary alicyclic amines) is 1. The van der Waals surface area contributed by atoms with E-state index in [0.29, 0.717) is 49.4 Å². The third-order valence-corrected chi connectivity index (χ3v) is 5.82. The number of fused-ring (bicyclic) bond motifs is 1. The van der Waals surface area contributed by atoms with Crippen molar-refractivity contribution in [1.82, 2.24) is 9.80 Å². The normalized spacial score (nSPS) is 17.7. The van der Waals surface area contributed by atoms with Gasteiger partial charge in [0.15, 0.2) is 5.72 Å². The van der Waals surface area contributed by atoms with Crippen molar-refractivity contribution < 1.29 is 28.6 Å². The molecule has 2 amide bonds. The number of amides is 2. The van der Waals surface area contributed by atoms with Crippen LogP contribution in [0, 0.1) is 0 Å². The van der Waals surface area contributed by atoms with Crippen molar-refractivity contribution in [3.8, 4) is 5.75 Å². The quantitative estimate of drug-likeness (QED) is 0.485. The molecule has 0 saturated carbocycles. The smallest absolute Gasteiger partial charge is 0.410 e. The van der Waals surface area contributed by atoms with Gasteiger partial charge in [0.2, 0.25) is 0 Å². The molecule has 1 spiro atoms. The molecule has 0 atom stereocenters. The molecule has 1 aromatic rings. The molecule has 33 heavy (non-hydrogen) atoms. The van der Waals surface area contributed by atoms with Crippen LogP contribution in [0.25, 0.3) is 6.08 Å². The molecule has 0 unspecified atom stereocenters.